The summed E-state index contributed by atoms with van der Waals surface area (Å²) in [7, 11) is 0. The Bertz CT molecular complexity index is 1590. The number of esters is 1. The van der Waals surface area contributed by atoms with Gasteiger partial charge >= 0.3 is 5.97 Å². The van der Waals surface area contributed by atoms with Gasteiger partial charge in [-0.2, -0.15) is 4.98 Å². The lowest BCUT2D eigenvalue weighted by atomic mass is 10.1. The Morgan fingerprint density at radius 2 is 1.27 bits per heavy atom. The summed E-state index contributed by atoms with van der Waals surface area (Å²) in [6.45, 7) is 0.115. The second kappa shape index (κ2) is 13.1. The van der Waals surface area contributed by atoms with Crippen LogP contribution in [0.3, 0.4) is 0 Å². The summed E-state index contributed by atoms with van der Waals surface area (Å²) >= 11 is 12.4. The Morgan fingerprint density at radius 3 is 1.95 bits per heavy atom. The zero-order chi connectivity index (χ0) is 27.7. The molecule has 0 saturated carbocycles. The van der Waals surface area contributed by atoms with Crippen molar-refractivity contribution < 1.29 is 19.0 Å². The molecule has 0 amide bonds. The maximum Gasteiger partial charge on any atom is 0.344 e. The minimum absolute atomic E-state index is 0.0801. The molecule has 0 aliphatic rings. The molecule has 1 aromatic heterocycles. The number of nitrogens with zero attached hydrogens (tertiary/aromatic N) is 2. The highest BCUT2D eigenvalue weighted by atomic mass is 35.5. The number of halogens is 2. The largest absolute Gasteiger partial charge is 0.482 e. The van der Waals surface area contributed by atoms with Gasteiger partial charge in [0.2, 0.25) is 5.88 Å². The van der Waals surface area contributed by atoms with E-state index < -0.39 is 5.97 Å². The first kappa shape index (κ1) is 27.2. The van der Waals surface area contributed by atoms with E-state index in [0.29, 0.717) is 27.5 Å². The Labute approximate surface area is 242 Å². The molecule has 40 heavy (non-hydrogen) atoms. The van der Waals surface area contributed by atoms with E-state index in [1.807, 2.05) is 78.9 Å². The van der Waals surface area contributed by atoms with Gasteiger partial charge in [-0.25, -0.2) is 9.78 Å². The van der Waals surface area contributed by atoms with E-state index in [-0.39, 0.29) is 19.8 Å². The minimum atomic E-state index is -0.497. The van der Waals surface area contributed by atoms with Crippen LogP contribution in [0.4, 0.5) is 0 Å². The summed E-state index contributed by atoms with van der Waals surface area (Å²) in [6.07, 6.45) is 0. The number of hydrogen-bond donors (Lipinski definition) is 0. The molecule has 8 heteroatoms. The van der Waals surface area contributed by atoms with Crippen LogP contribution in [0.25, 0.3) is 22.6 Å². The van der Waals surface area contributed by atoms with Crippen molar-refractivity contribution in [1.29, 1.82) is 0 Å². The van der Waals surface area contributed by atoms with Crippen LogP contribution in [0.1, 0.15) is 11.1 Å². The molecule has 6 nitrogen and oxygen atoms in total. The molecule has 4 aromatic carbocycles. The predicted molar refractivity (Wildman–Crippen MR) is 155 cm³/mol. The Kier molecular flexibility index (Phi) is 8.91. The summed E-state index contributed by atoms with van der Waals surface area (Å²) in [5.41, 5.74) is 4.01. The summed E-state index contributed by atoms with van der Waals surface area (Å²) < 4.78 is 16.9. The molecular formula is C32H24Cl2N2O4. The van der Waals surface area contributed by atoms with Gasteiger partial charge in [0.15, 0.2) is 12.4 Å². The molecule has 0 unspecified atom stereocenters. The highest BCUT2D eigenvalue weighted by Crippen LogP contribution is 2.27. The van der Waals surface area contributed by atoms with Gasteiger partial charge < -0.3 is 14.2 Å². The zero-order valence-electron chi connectivity index (χ0n) is 21.3. The Morgan fingerprint density at radius 1 is 0.650 bits per heavy atom. The minimum Gasteiger partial charge on any atom is -0.482 e. The van der Waals surface area contributed by atoms with Crippen LogP contribution in [-0.4, -0.2) is 22.5 Å². The third-order valence-electron chi connectivity index (χ3n) is 5.92. The van der Waals surface area contributed by atoms with E-state index in [0.717, 1.165) is 27.9 Å². The van der Waals surface area contributed by atoms with Crippen LogP contribution in [0.15, 0.2) is 109 Å². The van der Waals surface area contributed by atoms with Crippen molar-refractivity contribution in [2.45, 2.75) is 13.2 Å². The van der Waals surface area contributed by atoms with Gasteiger partial charge in [-0.15, -0.1) is 0 Å². The molecule has 1 heterocycles. The maximum absolute atomic E-state index is 12.2. The first-order chi connectivity index (χ1) is 19.5. The molecule has 0 fully saturated rings. The molecule has 0 atom stereocenters. The molecule has 5 rings (SSSR count). The smallest absolute Gasteiger partial charge is 0.344 e. The Hall–Kier alpha value is -4.39. The van der Waals surface area contributed by atoms with Crippen molar-refractivity contribution >= 4 is 29.2 Å². The summed E-state index contributed by atoms with van der Waals surface area (Å²) in [4.78, 5) is 21.6. The van der Waals surface area contributed by atoms with E-state index in [4.69, 9.17) is 42.4 Å². The highest BCUT2D eigenvalue weighted by Gasteiger charge is 2.12. The average molecular weight is 571 g/mol. The molecule has 0 aliphatic carbocycles. The second-order valence-corrected chi connectivity index (χ2v) is 9.54. The van der Waals surface area contributed by atoms with E-state index in [1.54, 1.807) is 30.3 Å². The topological polar surface area (TPSA) is 70.5 Å². The van der Waals surface area contributed by atoms with Crippen molar-refractivity contribution in [1.82, 2.24) is 9.97 Å². The lowest BCUT2D eigenvalue weighted by Crippen LogP contribution is -2.14. The Balaban J connectivity index is 1.28. The molecule has 0 radical (unpaired) electrons. The second-order valence-electron chi connectivity index (χ2n) is 8.73. The van der Waals surface area contributed by atoms with Crippen LogP contribution in [0.5, 0.6) is 11.6 Å². The van der Waals surface area contributed by atoms with Gasteiger partial charge in [-0.1, -0.05) is 89.9 Å². The predicted octanol–water partition coefficient (Wildman–Crippen LogP) is 7.82. The van der Waals surface area contributed by atoms with Crippen LogP contribution in [-0.2, 0) is 22.7 Å². The fourth-order valence-electron chi connectivity index (χ4n) is 3.81. The number of ether oxygens (including phenoxy) is 3. The molecule has 200 valence electrons. The standard InChI is InChI=1S/C32H24Cl2N2O4/c33-27-12-6-4-10-24(27)19-39-30-18-29(22-8-2-1-3-9-22)35-32(36-30)23-14-16-26(17-15-23)38-21-31(37)40-20-25-11-5-7-13-28(25)34/h1-18H,19-21H2. The zero-order valence-corrected chi connectivity index (χ0v) is 22.8. The molecule has 0 N–H and O–H groups in total. The third kappa shape index (κ3) is 7.17. The first-order valence-corrected chi connectivity index (χ1v) is 13.2. The summed E-state index contributed by atoms with van der Waals surface area (Å²) in [5.74, 6) is 0.919. The van der Waals surface area contributed by atoms with Gasteiger partial charge in [-0.3, -0.25) is 0 Å². The summed E-state index contributed by atoms with van der Waals surface area (Å²) in [6, 6.07) is 33.5. The van der Waals surface area contributed by atoms with Gasteiger partial charge in [-0.05, 0) is 36.4 Å². The number of carbonyl (C=O) groups is 1. The summed E-state index contributed by atoms with van der Waals surface area (Å²) in [5, 5.41) is 1.17. The van der Waals surface area contributed by atoms with Crippen molar-refractivity contribution in [2.75, 3.05) is 6.61 Å². The number of carbonyl (C=O) groups excluding carboxylic acids is 1. The maximum atomic E-state index is 12.2. The van der Waals surface area contributed by atoms with Gasteiger partial charge in [0.05, 0.1) is 5.69 Å². The highest BCUT2D eigenvalue weighted by molar-refractivity contribution is 6.31. The van der Waals surface area contributed by atoms with Crippen molar-refractivity contribution in [3.8, 4) is 34.3 Å². The van der Waals surface area contributed by atoms with E-state index >= 15 is 0 Å². The lowest BCUT2D eigenvalue weighted by Gasteiger charge is -2.11. The fourth-order valence-corrected chi connectivity index (χ4v) is 4.19. The van der Waals surface area contributed by atoms with Gasteiger partial charge in [0.1, 0.15) is 19.0 Å². The van der Waals surface area contributed by atoms with Crippen LogP contribution < -0.4 is 9.47 Å². The quantitative estimate of drug-likeness (QED) is 0.159. The molecule has 0 saturated heterocycles. The number of rotatable bonds is 10. The average Bonchev–Trinajstić information content (AvgIpc) is 3.00. The monoisotopic (exact) mass is 570 g/mol. The fraction of sp³-hybridized carbons (Fsp3) is 0.0938. The molecule has 0 spiro atoms. The normalized spacial score (nSPS) is 10.7. The van der Waals surface area contributed by atoms with Gasteiger partial charge in [0, 0.05) is 38.4 Å². The lowest BCUT2D eigenvalue weighted by molar-refractivity contribution is -0.147. The van der Waals surface area contributed by atoms with Gasteiger partial charge in [0.25, 0.3) is 0 Å². The van der Waals surface area contributed by atoms with Crippen LogP contribution >= 0.6 is 23.2 Å². The van der Waals surface area contributed by atoms with E-state index in [1.165, 1.54) is 0 Å². The molecule has 5 aromatic rings. The van der Waals surface area contributed by atoms with E-state index in [9.17, 15) is 4.79 Å². The molecule has 0 bridgehead atoms. The van der Waals surface area contributed by atoms with Crippen LogP contribution in [0.2, 0.25) is 10.0 Å². The molecular weight excluding hydrogens is 547 g/mol. The SMILES string of the molecule is O=C(COc1ccc(-c2nc(OCc3ccccc3Cl)cc(-c3ccccc3)n2)cc1)OCc1ccccc1Cl. The number of aromatic nitrogens is 2. The van der Waals surface area contributed by atoms with Crippen molar-refractivity contribution in [2.24, 2.45) is 0 Å². The molecule has 0 aliphatic heterocycles. The number of hydrogen-bond acceptors (Lipinski definition) is 6. The van der Waals surface area contributed by atoms with Crippen molar-refractivity contribution in [3.05, 3.63) is 130 Å². The van der Waals surface area contributed by atoms with Crippen molar-refractivity contribution in [3.63, 3.8) is 0 Å². The number of benzene rings is 4. The first-order valence-electron chi connectivity index (χ1n) is 12.5. The van der Waals surface area contributed by atoms with Crippen LogP contribution in [0, 0.1) is 0 Å². The third-order valence-corrected chi connectivity index (χ3v) is 6.66. The van der Waals surface area contributed by atoms with E-state index in [2.05, 4.69) is 4.98 Å².